The summed E-state index contributed by atoms with van der Waals surface area (Å²) >= 11 is 1.46. The summed E-state index contributed by atoms with van der Waals surface area (Å²) in [5, 5.41) is 12.6. The number of aryl methyl sites for hydroxylation is 2. The zero-order valence-corrected chi connectivity index (χ0v) is 18.3. The number of pyridine rings is 1. The number of H-pyrrole nitrogens is 1. The van der Waals surface area contributed by atoms with Crippen LogP contribution in [0.2, 0.25) is 0 Å². The van der Waals surface area contributed by atoms with Gasteiger partial charge in [0.15, 0.2) is 0 Å². The lowest BCUT2D eigenvalue weighted by molar-refractivity contribution is -0.116. The number of anilines is 1. The molecule has 2 aromatic heterocycles. The summed E-state index contributed by atoms with van der Waals surface area (Å²) in [5.74, 6) is -0.643. The number of aromatic nitrogens is 1. The lowest BCUT2D eigenvalue weighted by atomic mass is 9.99. The summed E-state index contributed by atoms with van der Waals surface area (Å²) in [6.45, 7) is 3.48. The minimum absolute atomic E-state index is 0.0750. The van der Waals surface area contributed by atoms with E-state index >= 15 is 0 Å². The standard InChI is InChI=1S/C22H25N3O4S/c1-12-14(13(2)24-20(27)16(12)11-23)9-10-18(26)25-21-19(22(28)29-3)15-7-5-4-6-8-17(15)30-21/h4-10H2,1-3H3,(H,24,27)(H,25,26). The molecule has 7 nitrogen and oxygen atoms in total. The van der Waals surface area contributed by atoms with Crippen molar-refractivity contribution in [2.75, 3.05) is 12.4 Å². The molecule has 0 aromatic carbocycles. The number of methoxy groups -OCH3 is 1. The van der Waals surface area contributed by atoms with E-state index in [2.05, 4.69) is 10.3 Å². The van der Waals surface area contributed by atoms with Crippen molar-refractivity contribution in [3.05, 3.63) is 48.7 Å². The Morgan fingerprint density at radius 3 is 2.67 bits per heavy atom. The number of hydrogen-bond acceptors (Lipinski definition) is 6. The SMILES string of the molecule is COC(=O)c1c(NC(=O)CCc2c(C)[nH]c(=O)c(C#N)c2C)sc2c1CCCCC2. The van der Waals surface area contributed by atoms with Gasteiger partial charge in [0.1, 0.15) is 16.6 Å². The van der Waals surface area contributed by atoms with Gasteiger partial charge in [0.2, 0.25) is 5.91 Å². The number of nitrogens with zero attached hydrogens (tertiary/aromatic N) is 1. The molecule has 1 aliphatic carbocycles. The van der Waals surface area contributed by atoms with Gasteiger partial charge in [0.25, 0.3) is 5.56 Å². The van der Waals surface area contributed by atoms with Gasteiger partial charge >= 0.3 is 5.97 Å². The van der Waals surface area contributed by atoms with E-state index in [-0.39, 0.29) is 17.9 Å². The van der Waals surface area contributed by atoms with Gasteiger partial charge in [-0.3, -0.25) is 9.59 Å². The van der Waals surface area contributed by atoms with Gasteiger partial charge in [0.05, 0.1) is 12.7 Å². The van der Waals surface area contributed by atoms with Crippen LogP contribution in [0.5, 0.6) is 0 Å². The highest BCUT2D eigenvalue weighted by Gasteiger charge is 2.26. The van der Waals surface area contributed by atoms with E-state index in [4.69, 9.17) is 4.74 Å². The number of carbonyl (C=O) groups excluding carboxylic acids is 2. The molecule has 1 amide bonds. The van der Waals surface area contributed by atoms with Crippen LogP contribution in [-0.4, -0.2) is 24.0 Å². The fourth-order valence-corrected chi connectivity index (χ4v) is 5.29. The summed E-state index contributed by atoms with van der Waals surface area (Å²) in [5.41, 5.74) is 3.19. The highest BCUT2D eigenvalue weighted by atomic mass is 32.1. The van der Waals surface area contributed by atoms with Crippen molar-refractivity contribution in [2.24, 2.45) is 0 Å². The van der Waals surface area contributed by atoms with Gasteiger partial charge < -0.3 is 15.0 Å². The molecule has 2 N–H and O–H groups in total. The van der Waals surface area contributed by atoms with Crippen molar-refractivity contribution in [3.63, 3.8) is 0 Å². The molecule has 0 saturated carbocycles. The average molecular weight is 428 g/mol. The first-order chi connectivity index (χ1) is 14.4. The number of carbonyl (C=O) groups is 2. The van der Waals surface area contributed by atoms with E-state index in [1.54, 1.807) is 13.8 Å². The first-order valence-corrected chi connectivity index (χ1v) is 10.8. The highest BCUT2D eigenvalue weighted by Crippen LogP contribution is 2.38. The molecule has 0 saturated heterocycles. The monoisotopic (exact) mass is 427 g/mol. The Bertz CT molecular complexity index is 1090. The van der Waals surface area contributed by atoms with Crippen molar-refractivity contribution >= 4 is 28.2 Å². The van der Waals surface area contributed by atoms with Crippen LogP contribution in [0.15, 0.2) is 4.79 Å². The van der Waals surface area contributed by atoms with Gasteiger partial charge in [-0.1, -0.05) is 6.42 Å². The van der Waals surface area contributed by atoms with Crippen LogP contribution in [0.3, 0.4) is 0 Å². The Morgan fingerprint density at radius 2 is 1.97 bits per heavy atom. The molecular weight excluding hydrogens is 402 g/mol. The number of fused-ring (bicyclic) bond motifs is 1. The Kier molecular flexibility index (Phi) is 6.73. The molecule has 8 heteroatoms. The molecule has 2 heterocycles. The quantitative estimate of drug-likeness (QED) is 0.560. The van der Waals surface area contributed by atoms with E-state index in [9.17, 15) is 19.6 Å². The highest BCUT2D eigenvalue weighted by molar-refractivity contribution is 7.17. The second kappa shape index (κ2) is 9.26. The summed E-state index contributed by atoms with van der Waals surface area (Å²) in [6.07, 6.45) is 5.51. The fourth-order valence-electron chi connectivity index (χ4n) is 4.00. The number of hydrogen-bond donors (Lipinski definition) is 2. The molecule has 0 fully saturated rings. The lowest BCUT2D eigenvalue weighted by Crippen LogP contribution is -2.19. The molecule has 0 aliphatic heterocycles. The Hall–Kier alpha value is -2.92. The van der Waals surface area contributed by atoms with E-state index in [0.29, 0.717) is 28.2 Å². The van der Waals surface area contributed by atoms with E-state index < -0.39 is 11.5 Å². The normalized spacial score (nSPS) is 13.1. The van der Waals surface area contributed by atoms with Crippen LogP contribution in [0.4, 0.5) is 5.00 Å². The zero-order valence-electron chi connectivity index (χ0n) is 17.4. The van der Waals surface area contributed by atoms with Gasteiger partial charge in [-0.15, -0.1) is 11.3 Å². The zero-order chi connectivity index (χ0) is 21.8. The van der Waals surface area contributed by atoms with Crippen molar-refractivity contribution in [2.45, 2.75) is 58.8 Å². The maximum atomic E-state index is 12.7. The third kappa shape index (κ3) is 4.31. The van der Waals surface area contributed by atoms with Crippen LogP contribution in [0.25, 0.3) is 0 Å². The number of ether oxygens (including phenoxy) is 1. The largest absolute Gasteiger partial charge is 0.465 e. The Morgan fingerprint density at radius 1 is 1.23 bits per heavy atom. The van der Waals surface area contributed by atoms with E-state index in [1.165, 1.54) is 18.4 Å². The average Bonchev–Trinajstić information content (AvgIpc) is 2.87. The molecule has 0 bridgehead atoms. The number of nitrogens with one attached hydrogen (secondary N) is 2. The number of amides is 1. The Balaban J connectivity index is 1.80. The predicted octanol–water partition coefficient (Wildman–Crippen LogP) is 3.55. The van der Waals surface area contributed by atoms with E-state index in [1.807, 2.05) is 6.07 Å². The minimum atomic E-state index is -0.421. The fraction of sp³-hybridized carbons (Fsp3) is 0.455. The number of thiophene rings is 1. The molecule has 3 rings (SSSR count). The number of aromatic amines is 1. The van der Waals surface area contributed by atoms with Crippen molar-refractivity contribution in [3.8, 4) is 6.07 Å². The molecule has 0 atom stereocenters. The summed E-state index contributed by atoms with van der Waals surface area (Å²) in [7, 11) is 1.35. The number of rotatable bonds is 5. The summed E-state index contributed by atoms with van der Waals surface area (Å²) in [6, 6.07) is 1.92. The van der Waals surface area contributed by atoms with Gasteiger partial charge in [-0.25, -0.2) is 4.79 Å². The van der Waals surface area contributed by atoms with Crippen LogP contribution < -0.4 is 10.9 Å². The van der Waals surface area contributed by atoms with Crippen molar-refractivity contribution < 1.29 is 14.3 Å². The van der Waals surface area contributed by atoms with Crippen LogP contribution >= 0.6 is 11.3 Å². The number of nitriles is 1. The summed E-state index contributed by atoms with van der Waals surface area (Å²) < 4.78 is 4.97. The third-order valence-corrected chi connectivity index (χ3v) is 6.79. The molecule has 1 aliphatic rings. The maximum Gasteiger partial charge on any atom is 0.341 e. The lowest BCUT2D eigenvalue weighted by Gasteiger charge is -2.11. The van der Waals surface area contributed by atoms with Crippen LogP contribution in [-0.2, 0) is 28.8 Å². The molecule has 0 spiro atoms. The molecule has 30 heavy (non-hydrogen) atoms. The van der Waals surface area contributed by atoms with Crippen molar-refractivity contribution in [1.29, 1.82) is 5.26 Å². The first kappa shape index (κ1) is 21.8. The first-order valence-electron chi connectivity index (χ1n) is 10.0. The Labute approximate surface area is 179 Å². The molecule has 158 valence electrons. The second-order valence-electron chi connectivity index (χ2n) is 7.48. The molecule has 2 aromatic rings. The third-order valence-electron chi connectivity index (χ3n) is 5.59. The maximum absolute atomic E-state index is 12.7. The smallest absolute Gasteiger partial charge is 0.341 e. The number of esters is 1. The van der Waals surface area contributed by atoms with E-state index in [0.717, 1.165) is 48.1 Å². The topological polar surface area (TPSA) is 112 Å². The van der Waals surface area contributed by atoms with Crippen LogP contribution in [0.1, 0.15) is 68.9 Å². The predicted molar refractivity (Wildman–Crippen MR) is 115 cm³/mol. The van der Waals surface area contributed by atoms with Crippen molar-refractivity contribution in [1.82, 2.24) is 4.98 Å². The second-order valence-corrected chi connectivity index (χ2v) is 8.58. The molecule has 0 radical (unpaired) electrons. The van der Waals surface area contributed by atoms with Gasteiger partial charge in [-0.05, 0) is 62.6 Å². The van der Waals surface area contributed by atoms with Gasteiger partial charge in [0, 0.05) is 17.0 Å². The van der Waals surface area contributed by atoms with Gasteiger partial charge in [-0.2, -0.15) is 5.26 Å². The van der Waals surface area contributed by atoms with Crippen LogP contribution in [0, 0.1) is 25.2 Å². The molecule has 0 unspecified atom stereocenters. The minimum Gasteiger partial charge on any atom is -0.465 e. The molecular formula is C22H25N3O4S. The summed E-state index contributed by atoms with van der Waals surface area (Å²) in [4.78, 5) is 40.8.